The van der Waals surface area contributed by atoms with Gasteiger partial charge in [0.25, 0.3) is 0 Å². The van der Waals surface area contributed by atoms with Crippen molar-refractivity contribution in [3.63, 3.8) is 0 Å². The summed E-state index contributed by atoms with van der Waals surface area (Å²) >= 11 is 0. The Kier molecular flexibility index (Phi) is 2.02. The maximum absolute atomic E-state index is 6.34. The summed E-state index contributed by atoms with van der Waals surface area (Å²) in [4.78, 5) is 0. The first kappa shape index (κ1) is 10.6. The topological polar surface area (TPSA) is 26.0 Å². The van der Waals surface area contributed by atoms with Crippen LogP contribution >= 0.6 is 0 Å². The van der Waals surface area contributed by atoms with Gasteiger partial charge in [0.2, 0.25) is 0 Å². The van der Waals surface area contributed by atoms with Gasteiger partial charge in [0, 0.05) is 11.1 Å². The maximum Gasteiger partial charge on any atom is 0.0426 e. The van der Waals surface area contributed by atoms with Crippen molar-refractivity contribution in [2.24, 2.45) is 0 Å². The Morgan fingerprint density at radius 3 is 2.26 bits per heavy atom. The van der Waals surface area contributed by atoms with Gasteiger partial charge in [0.1, 0.15) is 0 Å². The SMILES string of the molecule is CCc1cc2ccc3cccc4ccc(c1N)c2c34. The van der Waals surface area contributed by atoms with Gasteiger partial charge in [-0.3, -0.25) is 0 Å². The summed E-state index contributed by atoms with van der Waals surface area (Å²) in [6.07, 6.45) is 0.975. The van der Waals surface area contributed by atoms with E-state index in [0.29, 0.717) is 0 Å². The first-order valence-electron chi connectivity index (χ1n) is 6.74. The van der Waals surface area contributed by atoms with E-state index >= 15 is 0 Å². The first-order valence-corrected chi connectivity index (χ1v) is 6.74. The normalized spacial score (nSPS) is 11.8. The van der Waals surface area contributed by atoms with Crippen LogP contribution < -0.4 is 5.73 Å². The molecule has 0 spiro atoms. The van der Waals surface area contributed by atoms with E-state index in [4.69, 9.17) is 5.73 Å². The molecule has 0 bridgehead atoms. The molecule has 4 aromatic rings. The summed E-state index contributed by atoms with van der Waals surface area (Å²) < 4.78 is 0. The zero-order chi connectivity index (χ0) is 13.0. The molecule has 0 heterocycles. The molecule has 0 saturated carbocycles. The zero-order valence-corrected chi connectivity index (χ0v) is 10.9. The molecule has 19 heavy (non-hydrogen) atoms. The lowest BCUT2D eigenvalue weighted by atomic mass is 9.91. The van der Waals surface area contributed by atoms with Crippen molar-refractivity contribution >= 4 is 38.0 Å². The van der Waals surface area contributed by atoms with Gasteiger partial charge in [-0.05, 0) is 45.0 Å². The monoisotopic (exact) mass is 245 g/mol. The molecule has 1 heteroatoms. The van der Waals surface area contributed by atoms with Crippen molar-refractivity contribution in [1.82, 2.24) is 0 Å². The number of hydrogen-bond acceptors (Lipinski definition) is 1. The minimum Gasteiger partial charge on any atom is -0.398 e. The third kappa shape index (κ3) is 1.30. The van der Waals surface area contributed by atoms with Crippen LogP contribution in [0.5, 0.6) is 0 Å². The second-order valence-corrected chi connectivity index (χ2v) is 5.16. The van der Waals surface area contributed by atoms with E-state index in [2.05, 4.69) is 55.5 Å². The molecular weight excluding hydrogens is 230 g/mol. The van der Waals surface area contributed by atoms with Crippen LogP contribution in [0.2, 0.25) is 0 Å². The van der Waals surface area contributed by atoms with Crippen molar-refractivity contribution in [3.05, 3.63) is 54.1 Å². The minimum atomic E-state index is 0.938. The fraction of sp³-hybridized carbons (Fsp3) is 0.111. The van der Waals surface area contributed by atoms with Crippen LogP contribution in [0.1, 0.15) is 12.5 Å². The number of nitrogen functional groups attached to an aromatic ring is 1. The van der Waals surface area contributed by atoms with E-state index in [1.165, 1.54) is 37.9 Å². The minimum absolute atomic E-state index is 0.938. The van der Waals surface area contributed by atoms with Gasteiger partial charge in [-0.2, -0.15) is 0 Å². The van der Waals surface area contributed by atoms with Crippen LogP contribution in [-0.2, 0) is 6.42 Å². The Balaban J connectivity index is 2.37. The van der Waals surface area contributed by atoms with Crippen molar-refractivity contribution in [2.75, 3.05) is 5.73 Å². The lowest BCUT2D eigenvalue weighted by Gasteiger charge is -2.14. The molecule has 0 atom stereocenters. The van der Waals surface area contributed by atoms with Crippen LogP contribution in [0.4, 0.5) is 5.69 Å². The van der Waals surface area contributed by atoms with E-state index in [0.717, 1.165) is 12.1 Å². The molecule has 0 radical (unpaired) electrons. The second-order valence-electron chi connectivity index (χ2n) is 5.16. The van der Waals surface area contributed by atoms with Crippen LogP contribution in [0.15, 0.2) is 48.5 Å². The van der Waals surface area contributed by atoms with Gasteiger partial charge in [-0.25, -0.2) is 0 Å². The highest BCUT2D eigenvalue weighted by molar-refractivity contribution is 6.25. The first-order chi connectivity index (χ1) is 9.29. The van der Waals surface area contributed by atoms with Gasteiger partial charge in [0.15, 0.2) is 0 Å². The molecule has 0 amide bonds. The largest absolute Gasteiger partial charge is 0.398 e. The summed E-state index contributed by atoms with van der Waals surface area (Å²) in [7, 11) is 0. The van der Waals surface area contributed by atoms with Crippen molar-refractivity contribution in [2.45, 2.75) is 13.3 Å². The predicted molar refractivity (Wildman–Crippen MR) is 83.9 cm³/mol. The molecule has 92 valence electrons. The van der Waals surface area contributed by atoms with Crippen molar-refractivity contribution in [3.8, 4) is 0 Å². The molecule has 0 aliphatic carbocycles. The van der Waals surface area contributed by atoms with E-state index in [-0.39, 0.29) is 0 Å². The average molecular weight is 245 g/mol. The number of rotatable bonds is 1. The average Bonchev–Trinajstić information content (AvgIpc) is 2.46. The Labute approximate surface area is 112 Å². The second kappa shape index (κ2) is 3.61. The molecule has 0 unspecified atom stereocenters. The Morgan fingerprint density at radius 2 is 1.53 bits per heavy atom. The molecular formula is C18H15N. The molecule has 0 aliphatic heterocycles. The third-order valence-corrected chi connectivity index (χ3v) is 4.16. The lowest BCUT2D eigenvalue weighted by Crippen LogP contribution is -1.96. The number of aryl methyl sites for hydroxylation is 1. The third-order valence-electron chi connectivity index (χ3n) is 4.16. The molecule has 1 nitrogen and oxygen atoms in total. The fourth-order valence-electron chi connectivity index (χ4n) is 3.18. The standard InChI is InChI=1S/C18H15N/c1-2-11-10-14-7-6-12-4-3-5-13-8-9-15(18(11)19)17(14)16(12)13/h3-10H,2,19H2,1H3. The molecule has 0 saturated heterocycles. The van der Waals surface area contributed by atoms with Crippen LogP contribution in [0.25, 0.3) is 32.3 Å². The number of benzene rings is 4. The molecule has 0 fully saturated rings. The highest BCUT2D eigenvalue weighted by atomic mass is 14.6. The smallest absolute Gasteiger partial charge is 0.0426 e. The molecule has 0 aromatic heterocycles. The van der Waals surface area contributed by atoms with Crippen molar-refractivity contribution in [1.29, 1.82) is 0 Å². The summed E-state index contributed by atoms with van der Waals surface area (Å²) in [5.41, 5.74) is 8.52. The lowest BCUT2D eigenvalue weighted by molar-refractivity contribution is 1.15. The maximum atomic E-state index is 6.34. The van der Waals surface area contributed by atoms with Crippen LogP contribution in [-0.4, -0.2) is 0 Å². The summed E-state index contributed by atoms with van der Waals surface area (Å²) in [5.74, 6) is 0. The zero-order valence-electron chi connectivity index (χ0n) is 10.9. The highest BCUT2D eigenvalue weighted by Gasteiger charge is 2.11. The Morgan fingerprint density at radius 1 is 0.842 bits per heavy atom. The number of hydrogen-bond donors (Lipinski definition) is 1. The van der Waals surface area contributed by atoms with Crippen molar-refractivity contribution < 1.29 is 0 Å². The van der Waals surface area contributed by atoms with Gasteiger partial charge in [-0.15, -0.1) is 0 Å². The van der Waals surface area contributed by atoms with E-state index in [9.17, 15) is 0 Å². The van der Waals surface area contributed by atoms with Gasteiger partial charge < -0.3 is 5.73 Å². The van der Waals surface area contributed by atoms with Gasteiger partial charge >= 0.3 is 0 Å². The fourth-order valence-corrected chi connectivity index (χ4v) is 3.18. The molecule has 2 N–H and O–H groups in total. The van der Waals surface area contributed by atoms with Crippen LogP contribution in [0, 0.1) is 0 Å². The summed E-state index contributed by atoms with van der Waals surface area (Å²) in [6, 6.07) is 17.5. The Hall–Kier alpha value is -2.28. The van der Waals surface area contributed by atoms with E-state index in [1.54, 1.807) is 0 Å². The predicted octanol–water partition coefficient (Wildman–Crippen LogP) is 4.73. The molecule has 4 rings (SSSR count). The Bertz CT molecular complexity index is 890. The molecule has 0 aliphatic rings. The molecule has 4 aromatic carbocycles. The van der Waals surface area contributed by atoms with Gasteiger partial charge in [-0.1, -0.05) is 49.4 Å². The van der Waals surface area contributed by atoms with Gasteiger partial charge in [0.05, 0.1) is 0 Å². The van der Waals surface area contributed by atoms with E-state index in [1.807, 2.05) is 0 Å². The highest BCUT2D eigenvalue weighted by Crippen LogP contribution is 2.38. The summed E-state index contributed by atoms with van der Waals surface area (Å²) in [5, 5.41) is 7.72. The number of nitrogens with two attached hydrogens (primary N) is 1. The number of anilines is 1. The quantitative estimate of drug-likeness (QED) is 0.381. The summed E-state index contributed by atoms with van der Waals surface area (Å²) in [6.45, 7) is 2.16. The van der Waals surface area contributed by atoms with E-state index < -0.39 is 0 Å². The van der Waals surface area contributed by atoms with Crippen LogP contribution in [0.3, 0.4) is 0 Å².